The van der Waals surface area contributed by atoms with Crippen LogP contribution < -0.4 is 5.32 Å². The number of nitrogens with one attached hydrogen (secondary N) is 1. The molecule has 0 aromatic carbocycles. The van der Waals surface area contributed by atoms with E-state index in [9.17, 15) is 8.42 Å². The highest BCUT2D eigenvalue weighted by Crippen LogP contribution is 2.19. The summed E-state index contributed by atoms with van der Waals surface area (Å²) in [6, 6.07) is 8.50. The van der Waals surface area contributed by atoms with Crippen LogP contribution in [0.25, 0.3) is 0 Å². The van der Waals surface area contributed by atoms with Gasteiger partial charge in [0, 0.05) is 13.2 Å². The van der Waals surface area contributed by atoms with E-state index in [1.54, 1.807) is 31.4 Å². The molecule has 2 aromatic heterocycles. The molecule has 108 valence electrons. The number of aromatic nitrogens is 1. The Labute approximate surface area is 118 Å². The fourth-order valence-electron chi connectivity index (χ4n) is 1.72. The second kappa shape index (κ2) is 6.17. The monoisotopic (exact) mass is 295 g/mol. The third-order valence-corrected chi connectivity index (χ3v) is 4.44. The third-order valence-electron chi connectivity index (χ3n) is 2.76. The third kappa shape index (κ3) is 3.24. The Morgan fingerprint density at radius 3 is 2.75 bits per heavy atom. The molecule has 2 aromatic rings. The first-order valence-electron chi connectivity index (χ1n) is 6.13. The minimum Gasteiger partial charge on any atom is -0.447 e. The minimum absolute atomic E-state index is 0.0545. The van der Waals surface area contributed by atoms with Gasteiger partial charge in [-0.05, 0) is 31.3 Å². The summed E-state index contributed by atoms with van der Waals surface area (Å²) in [5, 5.41) is 2.85. The van der Waals surface area contributed by atoms with Gasteiger partial charge in [0.1, 0.15) is 5.76 Å². The predicted octanol–water partition coefficient (Wildman–Crippen LogP) is 1.21. The smallest absolute Gasteiger partial charge is 0.276 e. The van der Waals surface area contributed by atoms with Gasteiger partial charge in [-0.15, -0.1) is 0 Å². The van der Waals surface area contributed by atoms with Gasteiger partial charge in [0.05, 0.1) is 18.8 Å². The lowest BCUT2D eigenvalue weighted by Gasteiger charge is -2.14. The van der Waals surface area contributed by atoms with Gasteiger partial charge in [0.2, 0.25) is 5.09 Å². The van der Waals surface area contributed by atoms with Crippen molar-refractivity contribution < 1.29 is 12.8 Å². The fraction of sp³-hybridized carbons (Fsp3) is 0.308. The first-order chi connectivity index (χ1) is 9.54. The van der Waals surface area contributed by atoms with Crippen LogP contribution in [0.15, 0.2) is 46.0 Å². The van der Waals surface area contributed by atoms with Crippen molar-refractivity contribution in [2.24, 2.45) is 0 Å². The maximum Gasteiger partial charge on any atom is 0.276 e. The summed E-state index contributed by atoms with van der Waals surface area (Å²) >= 11 is 0. The summed E-state index contributed by atoms with van der Waals surface area (Å²) in [6.07, 6.45) is 1.63. The van der Waals surface area contributed by atoms with E-state index in [1.165, 1.54) is 17.4 Å². The van der Waals surface area contributed by atoms with Crippen LogP contribution in [-0.4, -0.2) is 31.8 Å². The van der Waals surface area contributed by atoms with E-state index in [4.69, 9.17) is 4.42 Å². The Kier molecular flexibility index (Phi) is 4.53. The van der Waals surface area contributed by atoms with Crippen molar-refractivity contribution >= 4 is 10.0 Å². The van der Waals surface area contributed by atoms with Gasteiger partial charge in [0.25, 0.3) is 10.0 Å². The molecule has 0 aliphatic rings. The average Bonchev–Trinajstić information content (AvgIpc) is 2.89. The van der Waals surface area contributed by atoms with E-state index in [-0.39, 0.29) is 11.6 Å². The van der Waals surface area contributed by atoms with Crippen LogP contribution in [0.3, 0.4) is 0 Å². The molecule has 0 unspecified atom stereocenters. The summed E-state index contributed by atoms with van der Waals surface area (Å²) < 4.78 is 31.2. The zero-order chi connectivity index (χ0) is 14.6. The molecule has 0 atom stereocenters. The van der Waals surface area contributed by atoms with Gasteiger partial charge < -0.3 is 9.73 Å². The highest BCUT2D eigenvalue weighted by atomic mass is 32.2. The number of hydrogen-bond donors (Lipinski definition) is 1. The highest BCUT2D eigenvalue weighted by Gasteiger charge is 2.24. The van der Waals surface area contributed by atoms with Crippen LogP contribution >= 0.6 is 0 Å². The fourth-order valence-corrected chi connectivity index (χ4v) is 2.79. The molecule has 0 saturated heterocycles. The molecular weight excluding hydrogens is 278 g/mol. The SMILES string of the molecule is CNCc1ccc(S(=O)(=O)N(C)Cc2ccccn2)o1. The lowest BCUT2D eigenvalue weighted by Crippen LogP contribution is -2.26. The van der Waals surface area contributed by atoms with Gasteiger partial charge in [-0.1, -0.05) is 6.07 Å². The van der Waals surface area contributed by atoms with E-state index in [2.05, 4.69) is 10.3 Å². The predicted molar refractivity (Wildman–Crippen MR) is 74.4 cm³/mol. The Morgan fingerprint density at radius 1 is 1.30 bits per heavy atom. The van der Waals surface area contributed by atoms with Crippen LogP contribution in [0.2, 0.25) is 0 Å². The van der Waals surface area contributed by atoms with Gasteiger partial charge in [-0.2, -0.15) is 4.31 Å². The maximum atomic E-state index is 12.3. The summed E-state index contributed by atoms with van der Waals surface area (Å²) in [4.78, 5) is 4.11. The molecule has 2 heterocycles. The van der Waals surface area contributed by atoms with Gasteiger partial charge in [-0.25, -0.2) is 8.42 Å². The zero-order valence-electron chi connectivity index (χ0n) is 11.4. The molecule has 7 heteroatoms. The molecule has 20 heavy (non-hydrogen) atoms. The van der Waals surface area contributed by atoms with E-state index in [1.807, 2.05) is 6.07 Å². The Balaban J connectivity index is 2.16. The number of pyridine rings is 1. The lowest BCUT2D eigenvalue weighted by atomic mass is 10.3. The summed E-state index contributed by atoms with van der Waals surface area (Å²) in [6.45, 7) is 0.685. The number of furan rings is 1. The topological polar surface area (TPSA) is 75.4 Å². The van der Waals surface area contributed by atoms with Crippen molar-refractivity contribution in [3.63, 3.8) is 0 Å². The number of nitrogens with zero attached hydrogens (tertiary/aromatic N) is 2. The molecule has 2 rings (SSSR count). The summed E-state index contributed by atoms with van der Waals surface area (Å²) in [7, 11) is -0.364. The van der Waals surface area contributed by atoms with Gasteiger partial charge in [0.15, 0.2) is 0 Å². The van der Waals surface area contributed by atoms with Gasteiger partial charge >= 0.3 is 0 Å². The van der Waals surface area contributed by atoms with Crippen molar-refractivity contribution in [3.05, 3.63) is 48.0 Å². The van der Waals surface area contributed by atoms with E-state index < -0.39 is 10.0 Å². The molecule has 6 nitrogen and oxygen atoms in total. The van der Waals surface area contributed by atoms with E-state index >= 15 is 0 Å². The van der Waals surface area contributed by atoms with Crippen molar-refractivity contribution in [1.82, 2.24) is 14.6 Å². The molecule has 1 N–H and O–H groups in total. The van der Waals surface area contributed by atoms with Crippen molar-refractivity contribution in [2.75, 3.05) is 14.1 Å². The normalized spacial score (nSPS) is 11.9. The number of hydrogen-bond acceptors (Lipinski definition) is 5. The maximum absolute atomic E-state index is 12.3. The second-order valence-corrected chi connectivity index (χ2v) is 6.31. The average molecular weight is 295 g/mol. The minimum atomic E-state index is -3.64. The van der Waals surface area contributed by atoms with E-state index in [0.717, 1.165) is 0 Å². The standard InChI is InChI=1S/C13H17N3O3S/c1-14-9-12-6-7-13(19-12)20(17,18)16(2)10-11-5-3-4-8-15-11/h3-8,14H,9-10H2,1-2H3. The first-order valence-corrected chi connectivity index (χ1v) is 7.57. The molecule has 0 saturated carbocycles. The molecule has 0 bridgehead atoms. The molecule has 0 aliphatic carbocycles. The molecule has 0 amide bonds. The quantitative estimate of drug-likeness (QED) is 0.867. The van der Waals surface area contributed by atoms with Crippen molar-refractivity contribution in [1.29, 1.82) is 0 Å². The Bertz CT molecular complexity index is 653. The first kappa shape index (κ1) is 14.7. The van der Waals surface area contributed by atoms with Crippen molar-refractivity contribution in [3.8, 4) is 0 Å². The highest BCUT2D eigenvalue weighted by molar-refractivity contribution is 7.88. The largest absolute Gasteiger partial charge is 0.447 e. The van der Waals surface area contributed by atoms with Crippen LogP contribution in [0.1, 0.15) is 11.5 Å². The zero-order valence-corrected chi connectivity index (χ0v) is 12.2. The number of rotatable bonds is 6. The van der Waals surface area contributed by atoms with Crippen LogP contribution in [-0.2, 0) is 23.1 Å². The number of sulfonamides is 1. The second-order valence-electron chi connectivity index (χ2n) is 4.33. The molecule has 0 radical (unpaired) electrons. The molecule has 0 fully saturated rings. The summed E-state index contributed by atoms with van der Waals surface area (Å²) in [5.74, 6) is 0.581. The van der Waals surface area contributed by atoms with E-state index in [0.29, 0.717) is 18.0 Å². The Hall–Kier alpha value is -1.70. The molecule has 0 aliphatic heterocycles. The van der Waals surface area contributed by atoms with Crippen LogP contribution in [0.5, 0.6) is 0 Å². The molecule has 0 spiro atoms. The Morgan fingerprint density at radius 2 is 2.10 bits per heavy atom. The summed E-state index contributed by atoms with van der Waals surface area (Å²) in [5.41, 5.74) is 0.681. The van der Waals surface area contributed by atoms with Gasteiger partial charge in [-0.3, -0.25) is 4.98 Å². The lowest BCUT2D eigenvalue weighted by molar-refractivity contribution is 0.381. The van der Waals surface area contributed by atoms with Crippen LogP contribution in [0.4, 0.5) is 0 Å². The van der Waals surface area contributed by atoms with Crippen molar-refractivity contribution in [2.45, 2.75) is 18.2 Å². The van der Waals surface area contributed by atoms with Crippen LogP contribution in [0, 0.1) is 0 Å². The molecular formula is C13H17N3O3S.